The maximum absolute atomic E-state index is 11.0. The Morgan fingerprint density at radius 2 is 2.25 bits per heavy atom. The van der Waals surface area contributed by atoms with Crippen molar-refractivity contribution in [3.63, 3.8) is 0 Å². The molecule has 0 saturated heterocycles. The van der Waals surface area contributed by atoms with Crippen molar-refractivity contribution in [3.05, 3.63) is 18.1 Å². The van der Waals surface area contributed by atoms with E-state index in [2.05, 4.69) is 15.3 Å². The monoisotopic (exact) mass is 221 g/mol. The average Bonchev–Trinajstić information content (AvgIpc) is 3.00. The first-order valence-corrected chi connectivity index (χ1v) is 5.33. The lowest BCUT2D eigenvalue weighted by atomic mass is 10.1. The van der Waals surface area contributed by atoms with Crippen LogP contribution in [0.2, 0.25) is 0 Å². The zero-order chi connectivity index (χ0) is 11.8. The number of rotatable bonds is 4. The van der Waals surface area contributed by atoms with Gasteiger partial charge in [-0.25, -0.2) is 14.8 Å². The molecule has 1 aliphatic carbocycles. The number of aromatic nitrogens is 2. The molecule has 0 aromatic carbocycles. The third-order valence-corrected chi connectivity index (χ3v) is 2.59. The predicted molar refractivity (Wildman–Crippen MR) is 59.3 cm³/mol. The van der Waals surface area contributed by atoms with Crippen LogP contribution in [0.1, 0.15) is 38.4 Å². The number of carbonyl (C=O) groups is 1. The van der Waals surface area contributed by atoms with Crippen LogP contribution in [-0.2, 0) is 4.79 Å². The number of nitrogens with one attached hydrogen (secondary N) is 1. The van der Waals surface area contributed by atoms with E-state index in [1.807, 2.05) is 0 Å². The lowest BCUT2D eigenvalue weighted by Gasteiger charge is -2.21. The Kier molecular flexibility index (Phi) is 2.53. The number of aliphatic carboxylic acids is 1. The molecule has 2 rings (SSSR count). The van der Waals surface area contributed by atoms with Crippen molar-refractivity contribution in [2.45, 2.75) is 38.1 Å². The molecule has 1 aromatic heterocycles. The van der Waals surface area contributed by atoms with E-state index in [0.717, 1.165) is 18.7 Å². The summed E-state index contributed by atoms with van der Waals surface area (Å²) in [5, 5.41) is 11.9. The summed E-state index contributed by atoms with van der Waals surface area (Å²) in [6, 6.07) is 1.69. The Hall–Kier alpha value is -1.65. The summed E-state index contributed by atoms with van der Waals surface area (Å²) in [6.07, 6.45) is 3.93. The molecule has 5 nitrogen and oxygen atoms in total. The van der Waals surface area contributed by atoms with Crippen LogP contribution in [-0.4, -0.2) is 26.6 Å². The Morgan fingerprint density at radius 1 is 1.56 bits per heavy atom. The van der Waals surface area contributed by atoms with Crippen LogP contribution in [0.15, 0.2) is 12.3 Å². The molecule has 0 spiro atoms. The van der Waals surface area contributed by atoms with Gasteiger partial charge in [-0.1, -0.05) is 0 Å². The molecule has 0 atom stereocenters. The Labute approximate surface area is 93.9 Å². The molecule has 2 N–H and O–H groups in total. The molecule has 0 bridgehead atoms. The molecule has 1 aromatic rings. The summed E-state index contributed by atoms with van der Waals surface area (Å²) < 4.78 is 0. The largest absolute Gasteiger partial charge is 0.480 e. The molecular formula is C11H15N3O2. The van der Waals surface area contributed by atoms with Gasteiger partial charge >= 0.3 is 5.97 Å². The molecule has 0 amide bonds. The van der Waals surface area contributed by atoms with Crippen LogP contribution in [0, 0.1) is 0 Å². The first-order chi connectivity index (χ1) is 7.49. The molecule has 86 valence electrons. The lowest BCUT2D eigenvalue weighted by molar-refractivity contribution is -0.141. The Morgan fingerprint density at radius 3 is 2.81 bits per heavy atom. The second kappa shape index (κ2) is 3.73. The highest BCUT2D eigenvalue weighted by Gasteiger charge is 2.29. The van der Waals surface area contributed by atoms with Crippen LogP contribution >= 0.6 is 0 Å². The van der Waals surface area contributed by atoms with Crippen molar-refractivity contribution in [1.82, 2.24) is 9.97 Å². The van der Waals surface area contributed by atoms with E-state index < -0.39 is 11.5 Å². The van der Waals surface area contributed by atoms with Crippen molar-refractivity contribution >= 4 is 11.8 Å². The normalized spacial score (nSPS) is 15.9. The number of anilines is 1. The Bertz CT molecular complexity index is 413. The van der Waals surface area contributed by atoms with Gasteiger partial charge in [0.05, 0.1) is 0 Å². The highest BCUT2D eigenvalue weighted by atomic mass is 16.4. The molecule has 0 radical (unpaired) electrons. The fraction of sp³-hybridized carbons (Fsp3) is 0.545. The molecule has 0 unspecified atom stereocenters. The fourth-order valence-electron chi connectivity index (χ4n) is 1.36. The van der Waals surface area contributed by atoms with E-state index in [1.54, 1.807) is 26.1 Å². The lowest BCUT2D eigenvalue weighted by Crippen LogP contribution is -2.40. The maximum Gasteiger partial charge on any atom is 0.328 e. The van der Waals surface area contributed by atoms with E-state index in [1.165, 1.54) is 0 Å². The quantitative estimate of drug-likeness (QED) is 0.808. The first-order valence-electron chi connectivity index (χ1n) is 5.33. The van der Waals surface area contributed by atoms with Gasteiger partial charge in [0.2, 0.25) is 0 Å². The van der Waals surface area contributed by atoms with Crippen LogP contribution in [0.25, 0.3) is 0 Å². The predicted octanol–water partition coefficient (Wildman–Crippen LogP) is 1.63. The van der Waals surface area contributed by atoms with Gasteiger partial charge in [0, 0.05) is 12.1 Å². The summed E-state index contributed by atoms with van der Waals surface area (Å²) in [7, 11) is 0. The summed E-state index contributed by atoms with van der Waals surface area (Å²) in [6.45, 7) is 3.21. The standard InChI is InChI=1S/C11H15N3O2/c1-11(2,10(15)16)14-8-5-6-12-9(13-8)7-3-4-7/h5-7H,3-4H2,1-2H3,(H,15,16)(H,12,13,14). The van der Waals surface area contributed by atoms with Gasteiger partial charge in [0.25, 0.3) is 0 Å². The SMILES string of the molecule is CC(C)(Nc1ccnc(C2CC2)n1)C(=O)O. The van der Waals surface area contributed by atoms with Crippen LogP contribution in [0.4, 0.5) is 5.82 Å². The molecule has 1 fully saturated rings. The summed E-state index contributed by atoms with van der Waals surface area (Å²) >= 11 is 0. The van der Waals surface area contributed by atoms with Gasteiger partial charge in [-0.3, -0.25) is 0 Å². The van der Waals surface area contributed by atoms with Crippen molar-refractivity contribution in [3.8, 4) is 0 Å². The van der Waals surface area contributed by atoms with Gasteiger partial charge in [-0.05, 0) is 32.8 Å². The van der Waals surface area contributed by atoms with Crippen LogP contribution < -0.4 is 5.32 Å². The molecule has 5 heteroatoms. The highest BCUT2D eigenvalue weighted by Crippen LogP contribution is 2.38. The van der Waals surface area contributed by atoms with Gasteiger partial charge in [0.1, 0.15) is 17.2 Å². The van der Waals surface area contributed by atoms with E-state index in [-0.39, 0.29) is 0 Å². The van der Waals surface area contributed by atoms with Crippen LogP contribution in [0.5, 0.6) is 0 Å². The van der Waals surface area contributed by atoms with Crippen LogP contribution in [0.3, 0.4) is 0 Å². The maximum atomic E-state index is 11.0. The third kappa shape index (κ3) is 2.29. The number of hydrogen-bond donors (Lipinski definition) is 2. The topological polar surface area (TPSA) is 75.1 Å². The molecule has 1 saturated carbocycles. The zero-order valence-electron chi connectivity index (χ0n) is 9.40. The second-order valence-corrected chi connectivity index (χ2v) is 4.63. The minimum atomic E-state index is -1.02. The van der Waals surface area contributed by atoms with Crippen molar-refractivity contribution in [1.29, 1.82) is 0 Å². The summed E-state index contributed by atoms with van der Waals surface area (Å²) in [5.74, 6) is 0.948. The van der Waals surface area contributed by atoms with Gasteiger partial charge in [-0.15, -0.1) is 0 Å². The van der Waals surface area contributed by atoms with E-state index in [0.29, 0.717) is 11.7 Å². The molecular weight excluding hydrogens is 206 g/mol. The van der Waals surface area contributed by atoms with E-state index in [4.69, 9.17) is 5.11 Å². The number of nitrogens with zero attached hydrogens (tertiary/aromatic N) is 2. The average molecular weight is 221 g/mol. The molecule has 1 heterocycles. The first kappa shape index (κ1) is 10.9. The molecule has 1 aliphatic rings. The smallest absolute Gasteiger partial charge is 0.328 e. The van der Waals surface area contributed by atoms with Gasteiger partial charge in [-0.2, -0.15) is 0 Å². The minimum absolute atomic E-state index is 0.467. The number of carboxylic acid groups (broad SMARTS) is 1. The van der Waals surface area contributed by atoms with Crippen molar-refractivity contribution in [2.24, 2.45) is 0 Å². The summed E-state index contributed by atoms with van der Waals surface area (Å²) in [4.78, 5) is 19.4. The number of carboxylic acids is 1. The van der Waals surface area contributed by atoms with Gasteiger partial charge < -0.3 is 10.4 Å². The van der Waals surface area contributed by atoms with Crippen molar-refractivity contribution < 1.29 is 9.90 Å². The van der Waals surface area contributed by atoms with Crippen molar-refractivity contribution in [2.75, 3.05) is 5.32 Å². The summed E-state index contributed by atoms with van der Waals surface area (Å²) in [5.41, 5.74) is -1.02. The molecule has 16 heavy (non-hydrogen) atoms. The molecule has 0 aliphatic heterocycles. The fourth-order valence-corrected chi connectivity index (χ4v) is 1.36. The Balaban J connectivity index is 2.14. The van der Waals surface area contributed by atoms with Gasteiger partial charge in [0.15, 0.2) is 0 Å². The third-order valence-electron chi connectivity index (χ3n) is 2.59. The second-order valence-electron chi connectivity index (χ2n) is 4.63. The van der Waals surface area contributed by atoms with E-state index >= 15 is 0 Å². The van der Waals surface area contributed by atoms with E-state index in [9.17, 15) is 4.79 Å². The zero-order valence-corrected chi connectivity index (χ0v) is 9.40. The highest BCUT2D eigenvalue weighted by molar-refractivity contribution is 5.81. The number of hydrogen-bond acceptors (Lipinski definition) is 4. The minimum Gasteiger partial charge on any atom is -0.480 e.